The average molecular weight is 416 g/mol. The lowest BCUT2D eigenvalue weighted by Gasteiger charge is -2.26. The summed E-state index contributed by atoms with van der Waals surface area (Å²) in [6.07, 6.45) is 9.57. The van der Waals surface area contributed by atoms with Gasteiger partial charge in [0.05, 0.1) is 0 Å². The molecule has 5 nitrogen and oxygen atoms in total. The zero-order valence-corrected chi connectivity index (χ0v) is 18.3. The molecule has 3 aromatic rings. The van der Waals surface area contributed by atoms with Gasteiger partial charge in [-0.05, 0) is 54.6 Å². The second kappa shape index (κ2) is 9.65. The van der Waals surface area contributed by atoms with Crippen molar-refractivity contribution >= 4 is 22.5 Å². The van der Waals surface area contributed by atoms with Crippen LogP contribution in [0.5, 0.6) is 0 Å². The second-order valence-corrected chi connectivity index (χ2v) is 8.93. The molecule has 162 valence electrons. The molecule has 0 amide bonds. The van der Waals surface area contributed by atoms with Gasteiger partial charge in [-0.1, -0.05) is 55.3 Å². The highest BCUT2D eigenvalue weighted by Crippen LogP contribution is 2.25. The summed E-state index contributed by atoms with van der Waals surface area (Å²) < 4.78 is 0. The first-order valence-corrected chi connectivity index (χ1v) is 11.9. The maximum absolute atomic E-state index is 4.83. The number of rotatable bonds is 6. The Morgan fingerprint density at radius 3 is 2.61 bits per heavy atom. The maximum atomic E-state index is 4.83. The summed E-state index contributed by atoms with van der Waals surface area (Å²) in [6, 6.07) is 18.0. The van der Waals surface area contributed by atoms with E-state index in [0.717, 1.165) is 44.5 Å². The standard InChI is InChI=1S/C26H33N5/c1-2-6-17-30(16-5-1)25-14-15-27-26(29-25)28-19-23-12-8-18-31(23)20-22-11-7-10-21-9-3-4-13-24(21)22/h3-4,7,9-11,13-15,23H,1-2,5-6,8,12,16-20H2,(H,27,28,29). The van der Waals surface area contributed by atoms with E-state index in [4.69, 9.17) is 4.98 Å². The number of aromatic nitrogens is 2. The van der Waals surface area contributed by atoms with Gasteiger partial charge in [0.1, 0.15) is 5.82 Å². The molecule has 2 fully saturated rings. The van der Waals surface area contributed by atoms with E-state index in [9.17, 15) is 0 Å². The van der Waals surface area contributed by atoms with Crippen LogP contribution in [0.1, 0.15) is 44.1 Å². The Labute approximate surface area is 185 Å². The van der Waals surface area contributed by atoms with Gasteiger partial charge in [-0.25, -0.2) is 4.98 Å². The molecule has 0 aliphatic carbocycles. The largest absolute Gasteiger partial charge is 0.356 e. The SMILES string of the molecule is c1ccc2c(CN3CCCC3CNc3nccc(N4CCCCCC4)n3)cccc2c1. The van der Waals surface area contributed by atoms with Crippen LogP contribution in [0.4, 0.5) is 11.8 Å². The predicted octanol–water partition coefficient (Wildman–Crippen LogP) is 5.09. The molecule has 2 aliphatic heterocycles. The number of anilines is 2. The van der Waals surface area contributed by atoms with Crippen LogP contribution in [0.25, 0.3) is 10.8 Å². The Morgan fingerprint density at radius 2 is 1.71 bits per heavy atom. The number of benzene rings is 2. The highest BCUT2D eigenvalue weighted by Gasteiger charge is 2.25. The van der Waals surface area contributed by atoms with Crippen molar-refractivity contribution in [2.75, 3.05) is 36.4 Å². The molecule has 2 aliphatic rings. The minimum Gasteiger partial charge on any atom is -0.356 e. The number of fused-ring (bicyclic) bond motifs is 1. The van der Waals surface area contributed by atoms with Crippen molar-refractivity contribution in [2.45, 2.75) is 51.1 Å². The summed E-state index contributed by atoms with van der Waals surface area (Å²) in [5, 5.41) is 6.24. The summed E-state index contributed by atoms with van der Waals surface area (Å²) >= 11 is 0. The van der Waals surface area contributed by atoms with Crippen molar-refractivity contribution in [2.24, 2.45) is 0 Å². The molecule has 1 aromatic heterocycles. The first-order valence-electron chi connectivity index (χ1n) is 11.9. The Morgan fingerprint density at radius 1 is 0.871 bits per heavy atom. The zero-order chi connectivity index (χ0) is 20.9. The zero-order valence-electron chi connectivity index (χ0n) is 18.3. The van der Waals surface area contributed by atoms with Crippen molar-refractivity contribution in [1.29, 1.82) is 0 Å². The Balaban J connectivity index is 1.23. The molecular formula is C26H33N5. The maximum Gasteiger partial charge on any atom is 0.224 e. The molecule has 0 radical (unpaired) electrons. The van der Waals surface area contributed by atoms with Crippen LogP contribution in [0, 0.1) is 0 Å². The molecular weight excluding hydrogens is 382 g/mol. The molecule has 0 spiro atoms. The molecule has 1 unspecified atom stereocenters. The number of hydrogen-bond acceptors (Lipinski definition) is 5. The van der Waals surface area contributed by atoms with Crippen LogP contribution in [-0.4, -0.2) is 47.1 Å². The van der Waals surface area contributed by atoms with E-state index in [1.807, 2.05) is 6.20 Å². The number of nitrogens with one attached hydrogen (secondary N) is 1. The van der Waals surface area contributed by atoms with Gasteiger partial charge in [-0.3, -0.25) is 4.90 Å². The topological polar surface area (TPSA) is 44.3 Å². The fraction of sp³-hybridized carbons (Fsp3) is 0.462. The molecule has 0 saturated carbocycles. The summed E-state index contributed by atoms with van der Waals surface area (Å²) in [6.45, 7) is 5.27. The molecule has 1 atom stereocenters. The molecule has 2 aromatic carbocycles. The van der Waals surface area contributed by atoms with E-state index in [2.05, 4.69) is 68.6 Å². The summed E-state index contributed by atoms with van der Waals surface area (Å²) in [4.78, 5) is 14.4. The molecule has 2 saturated heterocycles. The molecule has 1 N–H and O–H groups in total. The number of hydrogen-bond donors (Lipinski definition) is 1. The van der Waals surface area contributed by atoms with Crippen LogP contribution in [0.15, 0.2) is 54.7 Å². The van der Waals surface area contributed by atoms with Gasteiger partial charge < -0.3 is 10.2 Å². The lowest BCUT2D eigenvalue weighted by atomic mass is 10.0. The first-order chi connectivity index (χ1) is 15.4. The van der Waals surface area contributed by atoms with Crippen LogP contribution in [-0.2, 0) is 6.54 Å². The van der Waals surface area contributed by atoms with Crippen LogP contribution < -0.4 is 10.2 Å². The number of likely N-dealkylation sites (tertiary alicyclic amines) is 1. The van der Waals surface area contributed by atoms with Crippen molar-refractivity contribution in [3.8, 4) is 0 Å². The average Bonchev–Trinajstić information content (AvgIpc) is 3.07. The second-order valence-electron chi connectivity index (χ2n) is 8.93. The van der Waals surface area contributed by atoms with E-state index in [1.165, 1.54) is 54.9 Å². The predicted molar refractivity (Wildman–Crippen MR) is 129 cm³/mol. The van der Waals surface area contributed by atoms with Crippen molar-refractivity contribution < 1.29 is 0 Å². The quantitative estimate of drug-likeness (QED) is 0.608. The third-order valence-electron chi connectivity index (χ3n) is 6.82. The molecule has 5 rings (SSSR count). The Bertz CT molecular complexity index is 991. The third-order valence-corrected chi connectivity index (χ3v) is 6.82. The highest BCUT2D eigenvalue weighted by atomic mass is 15.2. The Hall–Kier alpha value is -2.66. The minimum atomic E-state index is 0.518. The van der Waals surface area contributed by atoms with Crippen LogP contribution >= 0.6 is 0 Å². The van der Waals surface area contributed by atoms with Gasteiger partial charge in [0.2, 0.25) is 5.95 Å². The molecule has 0 bridgehead atoms. The third kappa shape index (κ3) is 4.82. The minimum absolute atomic E-state index is 0.518. The molecule has 5 heteroatoms. The summed E-state index contributed by atoms with van der Waals surface area (Å²) in [5.41, 5.74) is 1.42. The van der Waals surface area contributed by atoms with Crippen molar-refractivity contribution in [3.63, 3.8) is 0 Å². The fourth-order valence-electron chi connectivity index (χ4n) is 5.10. The van der Waals surface area contributed by atoms with Crippen LogP contribution in [0.3, 0.4) is 0 Å². The normalized spacial score (nSPS) is 20.1. The van der Waals surface area contributed by atoms with Crippen LogP contribution in [0.2, 0.25) is 0 Å². The van der Waals surface area contributed by atoms with Gasteiger partial charge in [0, 0.05) is 38.4 Å². The lowest BCUT2D eigenvalue weighted by Crippen LogP contribution is -2.35. The van der Waals surface area contributed by atoms with Gasteiger partial charge in [-0.2, -0.15) is 4.98 Å². The smallest absolute Gasteiger partial charge is 0.224 e. The van der Waals surface area contributed by atoms with E-state index in [0.29, 0.717) is 6.04 Å². The number of nitrogens with zero attached hydrogens (tertiary/aromatic N) is 4. The van der Waals surface area contributed by atoms with E-state index in [1.54, 1.807) is 0 Å². The van der Waals surface area contributed by atoms with E-state index in [-0.39, 0.29) is 0 Å². The monoisotopic (exact) mass is 415 g/mol. The van der Waals surface area contributed by atoms with E-state index >= 15 is 0 Å². The molecule has 3 heterocycles. The molecule has 31 heavy (non-hydrogen) atoms. The van der Waals surface area contributed by atoms with Gasteiger partial charge in [-0.15, -0.1) is 0 Å². The lowest BCUT2D eigenvalue weighted by molar-refractivity contribution is 0.255. The Kier molecular flexibility index (Phi) is 6.30. The summed E-state index contributed by atoms with van der Waals surface area (Å²) in [5.74, 6) is 1.83. The van der Waals surface area contributed by atoms with Crippen molar-refractivity contribution in [1.82, 2.24) is 14.9 Å². The summed E-state index contributed by atoms with van der Waals surface area (Å²) in [7, 11) is 0. The highest BCUT2D eigenvalue weighted by molar-refractivity contribution is 5.85. The first kappa shape index (κ1) is 20.3. The van der Waals surface area contributed by atoms with Gasteiger partial charge >= 0.3 is 0 Å². The van der Waals surface area contributed by atoms with E-state index < -0.39 is 0 Å². The van der Waals surface area contributed by atoms with Crippen molar-refractivity contribution in [3.05, 3.63) is 60.3 Å². The van der Waals surface area contributed by atoms with Gasteiger partial charge in [0.25, 0.3) is 0 Å². The fourth-order valence-corrected chi connectivity index (χ4v) is 5.10. The van der Waals surface area contributed by atoms with Gasteiger partial charge in [0.15, 0.2) is 0 Å².